The number of carbonyl (C=O) groups excluding carboxylic acids is 3. The van der Waals surface area contributed by atoms with E-state index in [1.165, 1.54) is 11.9 Å². The zero-order chi connectivity index (χ0) is 16.4. The maximum absolute atomic E-state index is 11.9. The van der Waals surface area contributed by atoms with Gasteiger partial charge in [-0.05, 0) is 30.3 Å². The first-order valence-electron chi connectivity index (χ1n) is 7.36. The van der Waals surface area contributed by atoms with Crippen molar-refractivity contribution in [3.05, 3.63) is 36.5 Å². The highest BCUT2D eigenvalue weighted by Crippen LogP contribution is 2.26. The lowest BCUT2D eigenvalue weighted by Crippen LogP contribution is -2.35. The van der Waals surface area contributed by atoms with Gasteiger partial charge in [-0.15, -0.1) is 0 Å². The number of benzene rings is 1. The number of ketones is 1. The summed E-state index contributed by atoms with van der Waals surface area (Å²) < 4.78 is 5.06. The second-order valence-electron chi connectivity index (χ2n) is 5.34. The maximum atomic E-state index is 11.9. The molecule has 2 amide bonds. The van der Waals surface area contributed by atoms with Crippen LogP contribution in [0.25, 0.3) is 0 Å². The van der Waals surface area contributed by atoms with Crippen molar-refractivity contribution in [3.8, 4) is 0 Å². The van der Waals surface area contributed by atoms with Crippen LogP contribution >= 0.6 is 0 Å². The summed E-state index contributed by atoms with van der Waals surface area (Å²) in [4.78, 5) is 38.1. The molecule has 0 bridgehead atoms. The van der Waals surface area contributed by atoms with E-state index in [1.54, 1.807) is 24.4 Å². The molecular formula is C16H17N3O4. The van der Waals surface area contributed by atoms with Gasteiger partial charge in [0, 0.05) is 37.6 Å². The summed E-state index contributed by atoms with van der Waals surface area (Å²) in [6.45, 7) is 0.829. The summed E-state index contributed by atoms with van der Waals surface area (Å²) in [5.41, 5.74) is 1.61. The lowest BCUT2D eigenvalue weighted by Gasteiger charge is -2.23. The molecule has 0 saturated carbocycles. The molecule has 1 fully saturated rings. The Bertz CT molecular complexity index is 668. The third-order valence-electron chi connectivity index (χ3n) is 3.88. The second-order valence-corrected chi connectivity index (χ2v) is 5.34. The molecule has 1 atom stereocenters. The Balaban J connectivity index is 1.72. The number of cyclic esters (lactones) is 1. The van der Waals surface area contributed by atoms with Crippen LogP contribution < -0.4 is 15.1 Å². The van der Waals surface area contributed by atoms with E-state index in [9.17, 15) is 14.4 Å². The summed E-state index contributed by atoms with van der Waals surface area (Å²) in [6.07, 6.45) is 2.48. The van der Waals surface area contributed by atoms with Gasteiger partial charge < -0.3 is 15.0 Å². The van der Waals surface area contributed by atoms with Crippen LogP contribution in [-0.2, 0) is 14.3 Å². The van der Waals surface area contributed by atoms with Crippen LogP contribution in [-0.4, -0.2) is 44.0 Å². The summed E-state index contributed by atoms with van der Waals surface area (Å²) in [7, 11) is 1.50. The van der Waals surface area contributed by atoms with Crippen LogP contribution in [0.15, 0.2) is 36.5 Å². The molecule has 0 unspecified atom stereocenters. The summed E-state index contributed by atoms with van der Waals surface area (Å²) in [5, 5.41) is 2.47. The largest absolute Gasteiger partial charge is 0.434 e. The summed E-state index contributed by atoms with van der Waals surface area (Å²) in [6, 6.07) is 7.34. The molecule has 120 valence electrons. The van der Waals surface area contributed by atoms with E-state index in [-0.39, 0.29) is 18.2 Å². The first-order chi connectivity index (χ1) is 11.1. The third kappa shape index (κ3) is 3.03. The highest BCUT2D eigenvalue weighted by atomic mass is 16.6. The van der Waals surface area contributed by atoms with Gasteiger partial charge in [-0.1, -0.05) is 0 Å². The number of hydrogen-bond donors (Lipinski definition) is 1. The van der Waals surface area contributed by atoms with Gasteiger partial charge in [-0.3, -0.25) is 14.5 Å². The van der Waals surface area contributed by atoms with Crippen molar-refractivity contribution in [2.24, 2.45) is 0 Å². The van der Waals surface area contributed by atoms with Crippen LogP contribution in [0.5, 0.6) is 0 Å². The van der Waals surface area contributed by atoms with Gasteiger partial charge in [0.15, 0.2) is 11.9 Å². The van der Waals surface area contributed by atoms with E-state index in [0.29, 0.717) is 18.7 Å². The molecule has 1 aromatic rings. The Morgan fingerprint density at radius 1 is 1.22 bits per heavy atom. The van der Waals surface area contributed by atoms with Gasteiger partial charge in [0.2, 0.25) is 0 Å². The van der Waals surface area contributed by atoms with Crippen molar-refractivity contribution in [1.29, 1.82) is 0 Å². The number of allylic oxidation sites excluding steroid dienone is 1. The fourth-order valence-corrected chi connectivity index (χ4v) is 2.57. The number of carbonyl (C=O) groups is 3. The van der Waals surface area contributed by atoms with E-state index in [4.69, 9.17) is 4.74 Å². The molecule has 2 aliphatic heterocycles. The van der Waals surface area contributed by atoms with Crippen LogP contribution in [0.3, 0.4) is 0 Å². The standard InChI is InChI=1S/C16H17N3O4/c1-17-15(21)14-10-19(16(22)23-14)12-4-2-11(3-5-12)18-8-6-13(20)7-9-18/h2-6,8,14H,7,9-10H2,1H3,(H,17,21)/t14-/m1/s1. The number of amides is 2. The minimum absolute atomic E-state index is 0.123. The molecule has 0 aliphatic carbocycles. The van der Waals surface area contributed by atoms with Gasteiger partial charge in [-0.2, -0.15) is 0 Å². The molecule has 0 spiro atoms. The van der Waals surface area contributed by atoms with Crippen molar-refractivity contribution in [2.75, 3.05) is 29.9 Å². The maximum Gasteiger partial charge on any atom is 0.415 e. The van der Waals surface area contributed by atoms with Gasteiger partial charge in [0.25, 0.3) is 5.91 Å². The summed E-state index contributed by atoms with van der Waals surface area (Å²) in [5.74, 6) is -0.196. The molecule has 0 radical (unpaired) electrons. The molecule has 3 rings (SSSR count). The number of ether oxygens (including phenoxy) is 1. The van der Waals surface area contributed by atoms with Crippen LogP contribution in [0.2, 0.25) is 0 Å². The Morgan fingerprint density at radius 3 is 2.52 bits per heavy atom. The number of anilines is 2. The van der Waals surface area contributed by atoms with Gasteiger partial charge >= 0.3 is 6.09 Å². The van der Waals surface area contributed by atoms with E-state index < -0.39 is 12.2 Å². The van der Waals surface area contributed by atoms with Crippen LogP contribution in [0.1, 0.15) is 6.42 Å². The quantitative estimate of drug-likeness (QED) is 0.902. The van der Waals surface area contributed by atoms with Crippen molar-refractivity contribution < 1.29 is 19.1 Å². The van der Waals surface area contributed by atoms with Crippen molar-refractivity contribution in [3.63, 3.8) is 0 Å². The average Bonchev–Trinajstić information content (AvgIpc) is 2.97. The predicted octanol–water partition coefficient (Wildman–Crippen LogP) is 1.05. The predicted molar refractivity (Wildman–Crippen MR) is 84.2 cm³/mol. The van der Waals surface area contributed by atoms with Gasteiger partial charge in [-0.25, -0.2) is 4.79 Å². The molecule has 23 heavy (non-hydrogen) atoms. The number of hydrogen-bond acceptors (Lipinski definition) is 5. The monoisotopic (exact) mass is 315 g/mol. The van der Waals surface area contributed by atoms with Crippen LogP contribution in [0.4, 0.5) is 16.2 Å². The number of nitrogens with one attached hydrogen (secondary N) is 1. The lowest BCUT2D eigenvalue weighted by atomic mass is 10.1. The van der Waals surface area contributed by atoms with Gasteiger partial charge in [0.05, 0.1) is 6.54 Å². The summed E-state index contributed by atoms with van der Waals surface area (Å²) >= 11 is 0. The molecule has 0 aromatic heterocycles. The molecule has 1 aromatic carbocycles. The molecule has 2 aliphatic rings. The smallest absolute Gasteiger partial charge is 0.415 e. The molecule has 1 saturated heterocycles. The molecular weight excluding hydrogens is 298 g/mol. The highest BCUT2D eigenvalue weighted by molar-refractivity contribution is 5.95. The first-order valence-corrected chi connectivity index (χ1v) is 7.36. The SMILES string of the molecule is CNC(=O)[C@H]1CN(c2ccc(N3C=CC(=O)CC3)cc2)C(=O)O1. The number of likely N-dealkylation sites (N-methyl/N-ethyl adjacent to an activating group) is 1. The average molecular weight is 315 g/mol. The Hall–Kier alpha value is -2.83. The van der Waals surface area contributed by atoms with Crippen LogP contribution in [0, 0.1) is 0 Å². The Labute approximate surface area is 133 Å². The molecule has 1 N–H and O–H groups in total. The van der Waals surface area contributed by atoms with E-state index in [2.05, 4.69) is 5.32 Å². The Morgan fingerprint density at radius 2 is 1.91 bits per heavy atom. The molecule has 2 heterocycles. The van der Waals surface area contributed by atoms with Crippen molar-refractivity contribution >= 4 is 29.2 Å². The van der Waals surface area contributed by atoms with Gasteiger partial charge in [0.1, 0.15) is 0 Å². The minimum atomic E-state index is -0.789. The van der Waals surface area contributed by atoms with E-state index in [1.807, 2.05) is 17.0 Å². The lowest BCUT2D eigenvalue weighted by molar-refractivity contribution is -0.127. The second kappa shape index (κ2) is 6.12. The topological polar surface area (TPSA) is 79.0 Å². The zero-order valence-electron chi connectivity index (χ0n) is 12.7. The van der Waals surface area contributed by atoms with E-state index >= 15 is 0 Å². The number of rotatable bonds is 3. The molecule has 7 heteroatoms. The minimum Gasteiger partial charge on any atom is -0.434 e. The fraction of sp³-hybridized carbons (Fsp3) is 0.312. The van der Waals surface area contributed by atoms with Crippen molar-refractivity contribution in [2.45, 2.75) is 12.5 Å². The Kier molecular flexibility index (Phi) is 4.01. The fourth-order valence-electron chi connectivity index (χ4n) is 2.57. The normalized spacial score (nSPS) is 20.7. The number of nitrogens with zero attached hydrogens (tertiary/aromatic N) is 2. The first kappa shape index (κ1) is 15.1. The van der Waals surface area contributed by atoms with Crippen molar-refractivity contribution in [1.82, 2.24) is 5.32 Å². The third-order valence-corrected chi connectivity index (χ3v) is 3.88. The molecule has 7 nitrogen and oxygen atoms in total. The highest BCUT2D eigenvalue weighted by Gasteiger charge is 2.36. The zero-order valence-corrected chi connectivity index (χ0v) is 12.7. The van der Waals surface area contributed by atoms with E-state index in [0.717, 1.165) is 5.69 Å².